The van der Waals surface area contributed by atoms with Gasteiger partial charge in [0.2, 0.25) is 0 Å². The number of hydrogen-bond donors (Lipinski definition) is 2. The molecule has 0 fully saturated rings. The number of halogens is 2. The standard InChI is InChI=1S/C16H14Cl2N2OS/c17-8-11(21)9-19-10-5-6-12(13(18)7-10)16-20-14-3-1-2-4-15(14)22-16/h1-7,11,19,21H,8-9H2. The minimum Gasteiger partial charge on any atom is -0.390 e. The molecule has 0 bridgehead atoms. The van der Waals surface area contributed by atoms with Crippen molar-refractivity contribution in [2.24, 2.45) is 0 Å². The number of para-hydroxylation sites is 1. The number of fused-ring (bicyclic) bond motifs is 1. The summed E-state index contributed by atoms with van der Waals surface area (Å²) in [5.74, 6) is 0.199. The van der Waals surface area contributed by atoms with E-state index < -0.39 is 6.10 Å². The molecule has 0 aliphatic rings. The molecular formula is C16H14Cl2N2OS. The van der Waals surface area contributed by atoms with Gasteiger partial charge in [-0.25, -0.2) is 4.98 Å². The Labute approximate surface area is 142 Å². The number of alkyl halides is 1. The molecule has 1 aromatic heterocycles. The monoisotopic (exact) mass is 352 g/mol. The number of nitrogens with zero attached hydrogens (tertiary/aromatic N) is 1. The average molecular weight is 353 g/mol. The SMILES string of the molecule is OC(CCl)CNc1ccc(-c2nc3ccccc3s2)c(Cl)c1. The maximum absolute atomic E-state index is 9.47. The number of rotatable bonds is 5. The molecule has 3 nitrogen and oxygen atoms in total. The lowest BCUT2D eigenvalue weighted by molar-refractivity contribution is 0.211. The van der Waals surface area contributed by atoms with E-state index in [1.807, 2.05) is 42.5 Å². The molecule has 6 heteroatoms. The molecule has 0 amide bonds. The number of thiazole rings is 1. The Morgan fingerprint density at radius 2 is 2.05 bits per heavy atom. The lowest BCUT2D eigenvalue weighted by Gasteiger charge is -2.11. The highest BCUT2D eigenvalue weighted by Crippen LogP contribution is 2.35. The third-order valence-corrected chi connectivity index (χ3v) is 4.95. The molecule has 1 unspecified atom stereocenters. The van der Waals surface area contributed by atoms with Crippen molar-refractivity contribution in [3.05, 3.63) is 47.5 Å². The molecule has 22 heavy (non-hydrogen) atoms. The van der Waals surface area contributed by atoms with Gasteiger partial charge in [-0.2, -0.15) is 0 Å². The van der Waals surface area contributed by atoms with Crippen LogP contribution < -0.4 is 5.32 Å². The highest BCUT2D eigenvalue weighted by Gasteiger charge is 2.10. The number of nitrogens with one attached hydrogen (secondary N) is 1. The smallest absolute Gasteiger partial charge is 0.126 e. The molecule has 3 rings (SSSR count). The van der Waals surface area contributed by atoms with Gasteiger partial charge in [0.25, 0.3) is 0 Å². The molecule has 2 N–H and O–H groups in total. The van der Waals surface area contributed by atoms with E-state index in [1.165, 1.54) is 0 Å². The summed E-state index contributed by atoms with van der Waals surface area (Å²) >= 11 is 13.6. The molecule has 0 radical (unpaired) electrons. The second-order valence-electron chi connectivity index (χ2n) is 4.87. The summed E-state index contributed by atoms with van der Waals surface area (Å²) in [5.41, 5.74) is 2.73. The molecule has 3 aromatic rings. The number of anilines is 1. The molecule has 1 atom stereocenters. The summed E-state index contributed by atoms with van der Waals surface area (Å²) in [5, 5.41) is 14.1. The molecule has 0 aliphatic heterocycles. The van der Waals surface area contributed by atoms with Crippen LogP contribution in [0.2, 0.25) is 5.02 Å². The van der Waals surface area contributed by atoms with Crippen LogP contribution in [-0.4, -0.2) is 28.6 Å². The van der Waals surface area contributed by atoms with E-state index in [9.17, 15) is 5.11 Å². The van der Waals surface area contributed by atoms with Crippen molar-refractivity contribution in [1.29, 1.82) is 0 Å². The predicted molar refractivity (Wildman–Crippen MR) is 95.3 cm³/mol. The van der Waals surface area contributed by atoms with Gasteiger partial charge < -0.3 is 10.4 Å². The fraction of sp³-hybridized carbons (Fsp3) is 0.188. The Kier molecular flexibility index (Phi) is 4.84. The number of hydrogen-bond acceptors (Lipinski definition) is 4. The van der Waals surface area contributed by atoms with Crippen LogP contribution in [0.1, 0.15) is 0 Å². The first-order valence-corrected chi connectivity index (χ1v) is 8.53. The van der Waals surface area contributed by atoms with E-state index >= 15 is 0 Å². The summed E-state index contributed by atoms with van der Waals surface area (Å²) in [6, 6.07) is 13.7. The third-order valence-electron chi connectivity index (χ3n) is 3.21. The first kappa shape index (κ1) is 15.6. The Morgan fingerprint density at radius 1 is 1.23 bits per heavy atom. The maximum atomic E-state index is 9.47. The fourth-order valence-corrected chi connectivity index (χ4v) is 3.52. The Morgan fingerprint density at radius 3 is 2.77 bits per heavy atom. The van der Waals surface area contributed by atoms with Crippen LogP contribution in [-0.2, 0) is 0 Å². The number of aliphatic hydroxyl groups is 1. The minimum absolute atomic E-state index is 0.199. The number of aliphatic hydroxyl groups excluding tert-OH is 1. The molecule has 0 saturated carbocycles. The zero-order chi connectivity index (χ0) is 15.5. The van der Waals surface area contributed by atoms with Crippen molar-refractivity contribution in [3.63, 3.8) is 0 Å². The van der Waals surface area contributed by atoms with Crippen molar-refractivity contribution in [2.75, 3.05) is 17.7 Å². The van der Waals surface area contributed by atoms with Gasteiger partial charge in [0, 0.05) is 17.8 Å². The topological polar surface area (TPSA) is 45.1 Å². The summed E-state index contributed by atoms with van der Waals surface area (Å²) in [6.07, 6.45) is -0.579. The van der Waals surface area contributed by atoms with Crippen molar-refractivity contribution in [1.82, 2.24) is 4.98 Å². The Bertz CT molecular complexity index is 758. The fourth-order valence-electron chi connectivity index (χ4n) is 2.08. The van der Waals surface area contributed by atoms with Gasteiger partial charge in [-0.1, -0.05) is 23.7 Å². The molecule has 0 saturated heterocycles. The number of benzene rings is 2. The van der Waals surface area contributed by atoms with Gasteiger partial charge in [-0.3, -0.25) is 0 Å². The highest BCUT2D eigenvalue weighted by atomic mass is 35.5. The predicted octanol–water partition coefficient (Wildman–Crippen LogP) is 4.63. The zero-order valence-electron chi connectivity index (χ0n) is 11.6. The Hall–Kier alpha value is -1.33. The van der Waals surface area contributed by atoms with E-state index in [1.54, 1.807) is 11.3 Å². The van der Waals surface area contributed by atoms with Crippen LogP contribution in [0.4, 0.5) is 5.69 Å². The van der Waals surface area contributed by atoms with E-state index in [2.05, 4.69) is 10.3 Å². The zero-order valence-corrected chi connectivity index (χ0v) is 13.9. The lowest BCUT2D eigenvalue weighted by atomic mass is 10.2. The highest BCUT2D eigenvalue weighted by molar-refractivity contribution is 7.21. The van der Waals surface area contributed by atoms with Gasteiger partial charge in [-0.15, -0.1) is 22.9 Å². The van der Waals surface area contributed by atoms with Crippen LogP contribution in [0.3, 0.4) is 0 Å². The van der Waals surface area contributed by atoms with Gasteiger partial charge in [0.05, 0.1) is 27.2 Å². The van der Waals surface area contributed by atoms with Crippen LogP contribution in [0.25, 0.3) is 20.8 Å². The maximum Gasteiger partial charge on any atom is 0.126 e. The quantitative estimate of drug-likeness (QED) is 0.658. The second kappa shape index (κ2) is 6.84. The van der Waals surface area contributed by atoms with Crippen molar-refractivity contribution < 1.29 is 5.11 Å². The van der Waals surface area contributed by atoms with Crippen LogP contribution in [0.5, 0.6) is 0 Å². The minimum atomic E-state index is -0.579. The van der Waals surface area contributed by atoms with Gasteiger partial charge in [0.15, 0.2) is 0 Å². The van der Waals surface area contributed by atoms with Crippen LogP contribution in [0, 0.1) is 0 Å². The molecule has 0 spiro atoms. The first-order valence-electron chi connectivity index (χ1n) is 6.81. The van der Waals surface area contributed by atoms with Gasteiger partial charge in [0.1, 0.15) is 5.01 Å². The van der Waals surface area contributed by atoms with Gasteiger partial charge in [-0.05, 0) is 30.3 Å². The van der Waals surface area contributed by atoms with E-state index in [0.717, 1.165) is 26.5 Å². The lowest BCUT2D eigenvalue weighted by Crippen LogP contribution is -2.20. The number of aromatic nitrogens is 1. The van der Waals surface area contributed by atoms with Crippen LogP contribution in [0.15, 0.2) is 42.5 Å². The second-order valence-corrected chi connectivity index (χ2v) is 6.62. The molecular weight excluding hydrogens is 339 g/mol. The summed E-state index contributed by atoms with van der Waals surface area (Å²) in [7, 11) is 0. The van der Waals surface area contributed by atoms with Crippen LogP contribution >= 0.6 is 34.5 Å². The third kappa shape index (κ3) is 3.36. The molecule has 0 aliphatic carbocycles. The van der Waals surface area contributed by atoms with E-state index in [-0.39, 0.29) is 5.88 Å². The Balaban J connectivity index is 1.85. The van der Waals surface area contributed by atoms with E-state index in [0.29, 0.717) is 11.6 Å². The normalized spacial score (nSPS) is 12.5. The van der Waals surface area contributed by atoms with Crippen molar-refractivity contribution >= 4 is 50.4 Å². The summed E-state index contributed by atoms with van der Waals surface area (Å²) in [6.45, 7) is 0.389. The molecule has 2 aromatic carbocycles. The van der Waals surface area contributed by atoms with Crippen molar-refractivity contribution in [2.45, 2.75) is 6.10 Å². The van der Waals surface area contributed by atoms with Crippen molar-refractivity contribution in [3.8, 4) is 10.6 Å². The molecule has 114 valence electrons. The summed E-state index contributed by atoms with van der Waals surface area (Å²) < 4.78 is 1.14. The largest absolute Gasteiger partial charge is 0.390 e. The van der Waals surface area contributed by atoms with Gasteiger partial charge >= 0.3 is 0 Å². The van der Waals surface area contributed by atoms with E-state index in [4.69, 9.17) is 23.2 Å². The summed E-state index contributed by atoms with van der Waals surface area (Å²) in [4.78, 5) is 4.62. The molecule has 1 heterocycles. The average Bonchev–Trinajstić information content (AvgIpc) is 2.96. The first-order chi connectivity index (χ1) is 10.7.